The fraction of sp³-hybridized carbons (Fsp3) is 0. The lowest BCUT2D eigenvalue weighted by molar-refractivity contribution is -0.384. The number of halogens is 2. The molecule has 0 saturated heterocycles. The molecular formula is C13H10Cl2N4O3. The Bertz CT molecular complexity index is 724. The highest BCUT2D eigenvalue weighted by Gasteiger charge is 2.12. The number of hydrazine groups is 1. The Morgan fingerprint density at radius 2 is 1.82 bits per heavy atom. The number of nitrogens with zero attached hydrogens (tertiary/aromatic N) is 1. The number of nitro groups is 1. The SMILES string of the molecule is O=C(NNc1ccccc1[N+](=O)[O-])Nc1ccc(Cl)c(Cl)c1. The molecule has 2 aromatic carbocycles. The lowest BCUT2D eigenvalue weighted by atomic mass is 10.3. The second-order valence-corrected chi connectivity index (χ2v) is 4.92. The van der Waals surface area contributed by atoms with Gasteiger partial charge < -0.3 is 5.32 Å². The largest absolute Gasteiger partial charge is 0.337 e. The third-order valence-corrected chi connectivity index (χ3v) is 3.33. The number of amides is 2. The van der Waals surface area contributed by atoms with Gasteiger partial charge in [0.2, 0.25) is 0 Å². The minimum absolute atomic E-state index is 0.155. The van der Waals surface area contributed by atoms with Gasteiger partial charge in [-0.15, -0.1) is 0 Å². The first-order chi connectivity index (χ1) is 10.5. The highest BCUT2D eigenvalue weighted by molar-refractivity contribution is 6.42. The molecule has 22 heavy (non-hydrogen) atoms. The molecule has 0 saturated carbocycles. The molecule has 7 nitrogen and oxygen atoms in total. The van der Waals surface area contributed by atoms with Gasteiger partial charge in [-0.05, 0) is 24.3 Å². The van der Waals surface area contributed by atoms with Gasteiger partial charge in [-0.25, -0.2) is 4.79 Å². The van der Waals surface area contributed by atoms with Gasteiger partial charge in [-0.1, -0.05) is 35.3 Å². The Balaban J connectivity index is 1.98. The summed E-state index contributed by atoms with van der Waals surface area (Å²) in [6.07, 6.45) is 0. The maximum Gasteiger partial charge on any atom is 0.337 e. The van der Waals surface area contributed by atoms with Crippen LogP contribution < -0.4 is 16.2 Å². The molecule has 0 aliphatic rings. The number of benzene rings is 2. The van der Waals surface area contributed by atoms with Gasteiger partial charge in [0, 0.05) is 11.8 Å². The maximum absolute atomic E-state index is 11.7. The molecule has 0 fully saturated rings. The zero-order chi connectivity index (χ0) is 16.1. The number of nitro benzene ring substituents is 1. The summed E-state index contributed by atoms with van der Waals surface area (Å²) < 4.78 is 0. The first-order valence-electron chi connectivity index (χ1n) is 5.99. The molecule has 114 valence electrons. The van der Waals surface area contributed by atoms with E-state index in [0.717, 1.165) is 0 Å². The van der Waals surface area contributed by atoms with Crippen molar-refractivity contribution in [1.29, 1.82) is 0 Å². The van der Waals surface area contributed by atoms with Gasteiger partial charge >= 0.3 is 6.03 Å². The van der Waals surface area contributed by atoms with E-state index in [2.05, 4.69) is 16.2 Å². The number of para-hydroxylation sites is 2. The third-order valence-electron chi connectivity index (χ3n) is 2.59. The second kappa shape index (κ2) is 6.97. The maximum atomic E-state index is 11.7. The number of nitrogens with one attached hydrogen (secondary N) is 3. The molecule has 9 heteroatoms. The van der Waals surface area contributed by atoms with Crippen LogP contribution in [-0.2, 0) is 0 Å². The molecule has 0 aromatic heterocycles. The molecular weight excluding hydrogens is 331 g/mol. The normalized spacial score (nSPS) is 9.91. The van der Waals surface area contributed by atoms with Crippen LogP contribution in [0.5, 0.6) is 0 Å². The molecule has 0 aliphatic carbocycles. The standard InChI is InChI=1S/C13H10Cl2N4O3/c14-9-6-5-8(7-10(9)15)16-13(20)18-17-11-3-1-2-4-12(11)19(21)22/h1-7,17H,(H2,16,18,20). The average Bonchev–Trinajstić information content (AvgIpc) is 2.49. The topological polar surface area (TPSA) is 96.3 Å². The smallest absolute Gasteiger partial charge is 0.307 e. The van der Waals surface area contributed by atoms with Gasteiger partial charge in [0.1, 0.15) is 5.69 Å². The van der Waals surface area contributed by atoms with Crippen molar-refractivity contribution < 1.29 is 9.72 Å². The van der Waals surface area contributed by atoms with Crippen molar-refractivity contribution in [2.75, 3.05) is 10.7 Å². The van der Waals surface area contributed by atoms with Crippen molar-refractivity contribution in [3.63, 3.8) is 0 Å². The van der Waals surface area contributed by atoms with E-state index in [1.165, 1.54) is 30.3 Å². The highest BCUT2D eigenvalue weighted by Crippen LogP contribution is 2.25. The van der Waals surface area contributed by atoms with E-state index >= 15 is 0 Å². The summed E-state index contributed by atoms with van der Waals surface area (Å²) in [4.78, 5) is 22.0. The van der Waals surface area contributed by atoms with E-state index in [1.54, 1.807) is 12.1 Å². The molecule has 2 rings (SSSR count). The molecule has 0 bridgehead atoms. The number of carbonyl (C=O) groups excluding carboxylic acids is 1. The summed E-state index contributed by atoms with van der Waals surface area (Å²) in [5.74, 6) is 0. The summed E-state index contributed by atoms with van der Waals surface area (Å²) >= 11 is 11.6. The van der Waals surface area contributed by atoms with Crippen molar-refractivity contribution in [2.24, 2.45) is 0 Å². The van der Waals surface area contributed by atoms with E-state index in [1.807, 2.05) is 0 Å². The van der Waals surface area contributed by atoms with Crippen LogP contribution in [0.2, 0.25) is 10.0 Å². The predicted octanol–water partition coefficient (Wildman–Crippen LogP) is 4.05. The number of hydrogen-bond donors (Lipinski definition) is 3. The summed E-state index contributed by atoms with van der Waals surface area (Å²) in [7, 11) is 0. The first-order valence-corrected chi connectivity index (χ1v) is 6.74. The van der Waals surface area contributed by atoms with Crippen molar-refractivity contribution in [3.05, 3.63) is 62.6 Å². The Morgan fingerprint density at radius 1 is 1.09 bits per heavy atom. The summed E-state index contributed by atoms with van der Waals surface area (Å²) in [5.41, 5.74) is 5.21. The number of anilines is 2. The molecule has 0 aliphatic heterocycles. The zero-order valence-electron chi connectivity index (χ0n) is 11.0. The number of rotatable bonds is 4. The van der Waals surface area contributed by atoms with E-state index < -0.39 is 11.0 Å². The average molecular weight is 341 g/mol. The predicted molar refractivity (Wildman–Crippen MR) is 85.3 cm³/mol. The molecule has 0 radical (unpaired) electrons. The van der Waals surface area contributed by atoms with Crippen LogP contribution >= 0.6 is 23.2 Å². The van der Waals surface area contributed by atoms with Crippen LogP contribution in [0.25, 0.3) is 0 Å². The van der Waals surface area contributed by atoms with Gasteiger partial charge in [-0.3, -0.25) is 21.0 Å². The van der Waals surface area contributed by atoms with Gasteiger partial charge in [0.25, 0.3) is 5.69 Å². The van der Waals surface area contributed by atoms with Crippen molar-refractivity contribution in [3.8, 4) is 0 Å². The van der Waals surface area contributed by atoms with Crippen molar-refractivity contribution in [2.45, 2.75) is 0 Å². The van der Waals surface area contributed by atoms with Crippen LogP contribution in [0.3, 0.4) is 0 Å². The molecule has 2 aromatic rings. The Morgan fingerprint density at radius 3 is 2.50 bits per heavy atom. The number of carbonyl (C=O) groups is 1. The minimum Gasteiger partial charge on any atom is -0.307 e. The van der Waals surface area contributed by atoms with E-state index in [0.29, 0.717) is 15.7 Å². The number of hydrogen-bond acceptors (Lipinski definition) is 4. The van der Waals surface area contributed by atoms with Crippen LogP contribution in [0.1, 0.15) is 0 Å². The monoisotopic (exact) mass is 340 g/mol. The van der Waals surface area contributed by atoms with E-state index in [-0.39, 0.29) is 11.4 Å². The lowest BCUT2D eigenvalue weighted by Crippen LogP contribution is -2.33. The van der Waals surface area contributed by atoms with Crippen LogP contribution in [0.15, 0.2) is 42.5 Å². The summed E-state index contributed by atoms with van der Waals surface area (Å²) in [6, 6.07) is 9.89. The second-order valence-electron chi connectivity index (χ2n) is 4.11. The van der Waals surface area contributed by atoms with E-state index in [4.69, 9.17) is 23.2 Å². The van der Waals surface area contributed by atoms with Gasteiger partial charge in [0.15, 0.2) is 0 Å². The first kappa shape index (κ1) is 15.9. The van der Waals surface area contributed by atoms with Crippen molar-refractivity contribution in [1.82, 2.24) is 5.43 Å². The Labute approximate surface area is 135 Å². The molecule has 3 N–H and O–H groups in total. The quantitative estimate of drug-likeness (QED) is 0.577. The van der Waals surface area contributed by atoms with Gasteiger partial charge in [-0.2, -0.15) is 0 Å². The Kier molecular flexibility index (Phi) is 5.03. The molecule has 0 unspecified atom stereocenters. The third kappa shape index (κ3) is 4.00. The molecule has 0 spiro atoms. The van der Waals surface area contributed by atoms with E-state index in [9.17, 15) is 14.9 Å². The number of urea groups is 1. The lowest BCUT2D eigenvalue weighted by Gasteiger charge is -2.10. The van der Waals surface area contributed by atoms with Crippen molar-refractivity contribution >= 4 is 46.3 Å². The fourth-order valence-electron chi connectivity index (χ4n) is 1.60. The molecule has 0 heterocycles. The summed E-state index contributed by atoms with van der Waals surface area (Å²) in [6.45, 7) is 0. The molecule has 0 atom stereocenters. The Hall–Kier alpha value is -2.51. The molecule has 2 amide bonds. The van der Waals surface area contributed by atoms with Gasteiger partial charge in [0.05, 0.1) is 15.0 Å². The zero-order valence-corrected chi connectivity index (χ0v) is 12.5. The minimum atomic E-state index is -0.614. The summed E-state index contributed by atoms with van der Waals surface area (Å²) in [5, 5.41) is 14.0. The van der Waals surface area contributed by atoms with Crippen LogP contribution in [-0.4, -0.2) is 11.0 Å². The fourth-order valence-corrected chi connectivity index (χ4v) is 1.90. The van der Waals surface area contributed by atoms with Crippen LogP contribution in [0, 0.1) is 10.1 Å². The highest BCUT2D eigenvalue weighted by atomic mass is 35.5. The van der Waals surface area contributed by atoms with Crippen LogP contribution in [0.4, 0.5) is 21.9 Å².